The summed E-state index contributed by atoms with van der Waals surface area (Å²) in [4.78, 5) is 27.2. The fourth-order valence-electron chi connectivity index (χ4n) is 3.62. The van der Waals surface area contributed by atoms with Gasteiger partial charge in [-0.05, 0) is 47.5 Å². The lowest BCUT2D eigenvalue weighted by atomic mass is 10.1. The van der Waals surface area contributed by atoms with Gasteiger partial charge in [0.15, 0.2) is 6.10 Å². The summed E-state index contributed by atoms with van der Waals surface area (Å²) in [6.07, 6.45) is -0.774. The molecule has 0 radical (unpaired) electrons. The number of rotatable bonds is 6. The third-order valence-electron chi connectivity index (χ3n) is 5.40. The molecule has 0 spiro atoms. The Morgan fingerprint density at radius 2 is 1.75 bits per heavy atom. The molecule has 1 atom stereocenters. The van der Waals surface area contributed by atoms with E-state index in [4.69, 9.17) is 9.47 Å². The number of amides is 2. The Bertz CT molecular complexity index is 1100. The lowest BCUT2D eigenvalue weighted by Gasteiger charge is -2.26. The number of hydrogen-bond donors (Lipinski definition) is 2. The average molecular weight is 434 g/mol. The number of ether oxygens (including phenoxy) is 2. The van der Waals surface area contributed by atoms with Crippen LogP contribution >= 0.6 is 0 Å². The third-order valence-corrected chi connectivity index (χ3v) is 5.40. The van der Waals surface area contributed by atoms with E-state index in [0.717, 1.165) is 49.2 Å². The Morgan fingerprint density at radius 3 is 2.56 bits per heavy atom. The van der Waals surface area contributed by atoms with E-state index in [1.54, 1.807) is 13.0 Å². The number of fused-ring (bicyclic) bond motifs is 1. The Hall–Kier alpha value is -3.42. The normalized spacial score (nSPS) is 15.2. The van der Waals surface area contributed by atoms with Crippen molar-refractivity contribution in [3.8, 4) is 5.75 Å². The molecule has 1 saturated heterocycles. The van der Waals surface area contributed by atoms with E-state index in [9.17, 15) is 9.59 Å². The minimum absolute atomic E-state index is 0.375. The molecule has 0 saturated carbocycles. The standard InChI is InChI=1S/C25H27N3O4/c1-18(32-23-10-9-20-6-2-3-7-21(20)16-23)24(29)26-27-25(30)22-8-4-5-19(15-22)17-28-11-13-31-14-12-28/h2-10,15-16,18H,11-14,17H2,1H3,(H,26,29)(H,27,30). The Labute approximate surface area is 187 Å². The van der Waals surface area contributed by atoms with E-state index >= 15 is 0 Å². The molecule has 1 unspecified atom stereocenters. The highest BCUT2D eigenvalue weighted by atomic mass is 16.5. The van der Waals surface area contributed by atoms with Gasteiger partial charge in [0.2, 0.25) is 0 Å². The van der Waals surface area contributed by atoms with Crippen LogP contribution in [0.4, 0.5) is 0 Å². The van der Waals surface area contributed by atoms with E-state index in [1.165, 1.54) is 0 Å². The molecule has 7 nitrogen and oxygen atoms in total. The fraction of sp³-hybridized carbons (Fsp3) is 0.280. The van der Waals surface area contributed by atoms with Crippen molar-refractivity contribution in [1.82, 2.24) is 15.8 Å². The van der Waals surface area contributed by atoms with Gasteiger partial charge < -0.3 is 9.47 Å². The van der Waals surface area contributed by atoms with Gasteiger partial charge in [-0.1, -0.05) is 42.5 Å². The number of nitrogens with one attached hydrogen (secondary N) is 2. The first-order valence-electron chi connectivity index (χ1n) is 10.7. The smallest absolute Gasteiger partial charge is 0.279 e. The lowest BCUT2D eigenvalue weighted by molar-refractivity contribution is -0.128. The van der Waals surface area contributed by atoms with Crippen LogP contribution < -0.4 is 15.6 Å². The maximum Gasteiger partial charge on any atom is 0.279 e. The maximum atomic E-state index is 12.5. The van der Waals surface area contributed by atoms with Crippen molar-refractivity contribution in [3.05, 3.63) is 77.9 Å². The van der Waals surface area contributed by atoms with Gasteiger partial charge >= 0.3 is 0 Å². The Kier molecular flexibility index (Phi) is 6.99. The molecule has 2 N–H and O–H groups in total. The number of nitrogens with zero attached hydrogens (tertiary/aromatic N) is 1. The minimum atomic E-state index is -0.774. The van der Waals surface area contributed by atoms with Crippen molar-refractivity contribution in [2.24, 2.45) is 0 Å². The number of carbonyl (C=O) groups excluding carboxylic acids is 2. The van der Waals surface area contributed by atoms with E-state index in [0.29, 0.717) is 11.3 Å². The Balaban J connectivity index is 1.29. The van der Waals surface area contributed by atoms with Crippen molar-refractivity contribution >= 4 is 22.6 Å². The van der Waals surface area contributed by atoms with Gasteiger partial charge in [-0.25, -0.2) is 0 Å². The number of hydrazine groups is 1. The second-order valence-corrected chi connectivity index (χ2v) is 7.80. The first kappa shape index (κ1) is 21.8. The highest BCUT2D eigenvalue weighted by Gasteiger charge is 2.17. The summed E-state index contributed by atoms with van der Waals surface area (Å²) in [5.74, 6) is -0.218. The summed E-state index contributed by atoms with van der Waals surface area (Å²) < 4.78 is 11.1. The molecule has 1 fully saturated rings. The molecule has 3 aromatic rings. The minimum Gasteiger partial charge on any atom is -0.481 e. The number of hydrogen-bond acceptors (Lipinski definition) is 5. The van der Waals surface area contributed by atoms with Crippen LogP contribution in [0.15, 0.2) is 66.7 Å². The molecule has 1 aliphatic heterocycles. The summed E-state index contributed by atoms with van der Waals surface area (Å²) >= 11 is 0. The van der Waals surface area contributed by atoms with E-state index in [1.807, 2.05) is 60.7 Å². The van der Waals surface area contributed by atoms with E-state index in [-0.39, 0.29) is 5.91 Å². The summed E-state index contributed by atoms with van der Waals surface area (Å²) in [7, 11) is 0. The zero-order chi connectivity index (χ0) is 22.3. The quantitative estimate of drug-likeness (QED) is 0.585. The first-order valence-corrected chi connectivity index (χ1v) is 10.7. The van der Waals surface area contributed by atoms with Gasteiger partial charge in [0.25, 0.3) is 11.8 Å². The topological polar surface area (TPSA) is 79.9 Å². The number of carbonyl (C=O) groups is 2. The molecule has 32 heavy (non-hydrogen) atoms. The lowest BCUT2D eigenvalue weighted by Crippen LogP contribution is -2.47. The molecule has 0 aliphatic carbocycles. The van der Waals surface area contributed by atoms with Crippen molar-refractivity contribution in [1.29, 1.82) is 0 Å². The molecular formula is C25H27N3O4. The van der Waals surface area contributed by atoms with Gasteiger partial charge in [-0.3, -0.25) is 25.3 Å². The van der Waals surface area contributed by atoms with Gasteiger partial charge in [-0.15, -0.1) is 0 Å². The summed E-state index contributed by atoms with van der Waals surface area (Å²) in [6.45, 7) is 5.60. The van der Waals surface area contributed by atoms with Crippen LogP contribution in [0.3, 0.4) is 0 Å². The highest BCUT2D eigenvalue weighted by molar-refractivity contribution is 5.96. The molecule has 7 heteroatoms. The number of morpholine rings is 1. The van der Waals surface area contributed by atoms with Crippen LogP contribution in [0, 0.1) is 0 Å². The fourth-order valence-corrected chi connectivity index (χ4v) is 3.62. The second kappa shape index (κ2) is 10.3. The zero-order valence-corrected chi connectivity index (χ0v) is 18.0. The summed E-state index contributed by atoms with van der Waals surface area (Å²) in [5.41, 5.74) is 6.45. The van der Waals surface area contributed by atoms with Crippen LogP contribution in [0.1, 0.15) is 22.8 Å². The SMILES string of the molecule is CC(Oc1ccc2ccccc2c1)C(=O)NNC(=O)c1cccc(CN2CCOCC2)c1. The molecule has 3 aromatic carbocycles. The monoisotopic (exact) mass is 433 g/mol. The van der Waals surface area contributed by atoms with Crippen molar-refractivity contribution in [2.45, 2.75) is 19.6 Å². The van der Waals surface area contributed by atoms with Crippen molar-refractivity contribution < 1.29 is 19.1 Å². The first-order chi connectivity index (χ1) is 15.6. The van der Waals surface area contributed by atoms with Crippen LogP contribution in [-0.2, 0) is 16.1 Å². The van der Waals surface area contributed by atoms with Gasteiger partial charge in [0.05, 0.1) is 13.2 Å². The molecule has 0 aromatic heterocycles. The van der Waals surface area contributed by atoms with Gasteiger partial charge in [-0.2, -0.15) is 0 Å². The second-order valence-electron chi connectivity index (χ2n) is 7.80. The molecule has 0 bridgehead atoms. The van der Waals surface area contributed by atoms with Crippen molar-refractivity contribution in [3.63, 3.8) is 0 Å². The van der Waals surface area contributed by atoms with Crippen LogP contribution in [0.2, 0.25) is 0 Å². The van der Waals surface area contributed by atoms with Crippen molar-refractivity contribution in [2.75, 3.05) is 26.3 Å². The maximum absolute atomic E-state index is 12.5. The molecular weight excluding hydrogens is 406 g/mol. The largest absolute Gasteiger partial charge is 0.481 e. The van der Waals surface area contributed by atoms with E-state index in [2.05, 4.69) is 15.8 Å². The van der Waals surface area contributed by atoms with Gasteiger partial charge in [0.1, 0.15) is 5.75 Å². The highest BCUT2D eigenvalue weighted by Crippen LogP contribution is 2.21. The van der Waals surface area contributed by atoms with Crippen LogP contribution in [0.25, 0.3) is 10.8 Å². The summed E-state index contributed by atoms with van der Waals surface area (Å²) in [5, 5.41) is 2.13. The number of benzene rings is 3. The van der Waals surface area contributed by atoms with Gasteiger partial charge in [0, 0.05) is 25.2 Å². The predicted molar refractivity (Wildman–Crippen MR) is 122 cm³/mol. The molecule has 4 rings (SSSR count). The molecule has 1 heterocycles. The predicted octanol–water partition coefficient (Wildman–Crippen LogP) is 2.90. The molecule has 166 valence electrons. The van der Waals surface area contributed by atoms with Crippen LogP contribution in [0.5, 0.6) is 5.75 Å². The summed E-state index contributed by atoms with van der Waals surface area (Å²) in [6, 6.07) is 21.0. The molecule has 1 aliphatic rings. The Morgan fingerprint density at radius 1 is 0.969 bits per heavy atom. The average Bonchev–Trinajstić information content (AvgIpc) is 2.83. The van der Waals surface area contributed by atoms with E-state index < -0.39 is 12.0 Å². The molecule has 2 amide bonds. The zero-order valence-electron chi connectivity index (χ0n) is 18.0. The van der Waals surface area contributed by atoms with Crippen LogP contribution in [-0.4, -0.2) is 49.1 Å². The third kappa shape index (κ3) is 5.63.